The van der Waals surface area contributed by atoms with Crippen LogP contribution in [0.15, 0.2) is 42.2 Å². The van der Waals surface area contributed by atoms with Gasteiger partial charge in [-0.15, -0.1) is 0 Å². The molecule has 27 heavy (non-hydrogen) atoms. The molecule has 5 nitrogen and oxygen atoms in total. The van der Waals surface area contributed by atoms with Crippen LogP contribution in [0.25, 0.3) is 6.08 Å². The molecule has 2 aromatic carbocycles. The average Bonchev–Trinajstić information content (AvgIpc) is 2.99. The molecule has 0 amide bonds. The number of para-hydroxylation sites is 1. The van der Waals surface area contributed by atoms with Gasteiger partial charge in [-0.3, -0.25) is 4.79 Å². The second-order valence-electron chi connectivity index (χ2n) is 6.48. The summed E-state index contributed by atoms with van der Waals surface area (Å²) < 4.78 is 11.6. The third-order valence-electron chi connectivity index (χ3n) is 4.85. The monoisotopic (exact) mass is 368 g/mol. The number of benzene rings is 2. The van der Waals surface area contributed by atoms with E-state index < -0.39 is 0 Å². The van der Waals surface area contributed by atoms with E-state index in [2.05, 4.69) is 13.8 Å². The second-order valence-corrected chi connectivity index (χ2v) is 6.48. The van der Waals surface area contributed by atoms with Crippen LogP contribution < -0.4 is 14.4 Å². The van der Waals surface area contributed by atoms with Crippen LogP contribution in [-0.2, 0) is 6.54 Å². The summed E-state index contributed by atoms with van der Waals surface area (Å²) in [6.07, 6.45) is 1.71. The fourth-order valence-electron chi connectivity index (χ4n) is 3.25. The van der Waals surface area contributed by atoms with Gasteiger partial charge in [-0.2, -0.15) is 0 Å². The fourth-order valence-corrected chi connectivity index (χ4v) is 3.25. The molecule has 0 aromatic heterocycles. The van der Waals surface area contributed by atoms with Gasteiger partial charge in [0.25, 0.3) is 0 Å². The van der Waals surface area contributed by atoms with E-state index >= 15 is 0 Å². The SMILES string of the molecule is CCOc1ccccc1/C=C1\Oc2c(ccc(O)c2C[NH+](CC)CC)C1=O. The van der Waals surface area contributed by atoms with Crippen LogP contribution in [0.5, 0.6) is 17.2 Å². The summed E-state index contributed by atoms with van der Waals surface area (Å²) in [7, 11) is 0. The summed E-state index contributed by atoms with van der Waals surface area (Å²) in [5, 5.41) is 10.3. The Morgan fingerprint density at radius 3 is 2.56 bits per heavy atom. The number of carbonyl (C=O) groups excluding carboxylic acids is 1. The van der Waals surface area contributed by atoms with Crippen molar-refractivity contribution < 1.29 is 24.3 Å². The van der Waals surface area contributed by atoms with E-state index in [1.807, 2.05) is 31.2 Å². The zero-order valence-electron chi connectivity index (χ0n) is 16.0. The predicted molar refractivity (Wildman–Crippen MR) is 104 cm³/mol. The number of quaternary nitrogens is 1. The zero-order valence-corrected chi connectivity index (χ0v) is 16.0. The van der Waals surface area contributed by atoms with Crippen LogP contribution in [0.3, 0.4) is 0 Å². The first-order valence-electron chi connectivity index (χ1n) is 9.43. The van der Waals surface area contributed by atoms with E-state index in [9.17, 15) is 9.90 Å². The number of carbonyl (C=O) groups is 1. The number of rotatable bonds is 7. The fraction of sp³-hybridized carbons (Fsp3) is 0.318. The molecule has 0 fully saturated rings. The van der Waals surface area contributed by atoms with Gasteiger partial charge in [0, 0.05) is 5.56 Å². The van der Waals surface area contributed by atoms with Gasteiger partial charge >= 0.3 is 0 Å². The van der Waals surface area contributed by atoms with Gasteiger partial charge in [-0.05, 0) is 45.0 Å². The quantitative estimate of drug-likeness (QED) is 0.738. The Kier molecular flexibility index (Phi) is 5.81. The van der Waals surface area contributed by atoms with Crippen LogP contribution in [0.2, 0.25) is 0 Å². The highest BCUT2D eigenvalue weighted by atomic mass is 16.5. The minimum atomic E-state index is -0.174. The zero-order chi connectivity index (χ0) is 19.4. The molecule has 2 N–H and O–H groups in total. The molecule has 0 unspecified atom stereocenters. The number of hydrogen-bond acceptors (Lipinski definition) is 4. The van der Waals surface area contributed by atoms with Gasteiger partial charge in [-0.25, -0.2) is 0 Å². The molecule has 1 aliphatic heterocycles. The van der Waals surface area contributed by atoms with Crippen molar-refractivity contribution in [1.82, 2.24) is 0 Å². The molecule has 3 rings (SSSR count). The van der Waals surface area contributed by atoms with E-state index in [1.165, 1.54) is 4.90 Å². The summed E-state index contributed by atoms with van der Waals surface area (Å²) in [6.45, 7) is 9.12. The molecule has 1 aliphatic rings. The first-order chi connectivity index (χ1) is 13.1. The van der Waals surface area contributed by atoms with Gasteiger partial charge in [0.05, 0.1) is 30.8 Å². The van der Waals surface area contributed by atoms with Gasteiger partial charge in [0.2, 0.25) is 5.78 Å². The van der Waals surface area contributed by atoms with Crippen molar-refractivity contribution in [3.05, 3.63) is 58.8 Å². The van der Waals surface area contributed by atoms with Crippen LogP contribution in [0.4, 0.5) is 0 Å². The maximum absolute atomic E-state index is 12.8. The van der Waals surface area contributed by atoms with Crippen LogP contribution in [-0.4, -0.2) is 30.6 Å². The van der Waals surface area contributed by atoms with Gasteiger partial charge < -0.3 is 19.5 Å². The lowest BCUT2D eigenvalue weighted by Crippen LogP contribution is -3.10. The first kappa shape index (κ1) is 19.0. The lowest BCUT2D eigenvalue weighted by atomic mass is 10.0. The summed E-state index contributed by atoms with van der Waals surface area (Å²) in [5.41, 5.74) is 1.96. The third-order valence-corrected chi connectivity index (χ3v) is 4.85. The average molecular weight is 368 g/mol. The molecule has 5 heteroatoms. The molecule has 142 valence electrons. The molecule has 0 saturated heterocycles. The molecule has 0 radical (unpaired) electrons. The maximum Gasteiger partial charge on any atom is 0.231 e. The smallest absolute Gasteiger partial charge is 0.231 e. The number of Topliss-reactive ketones (excluding diaryl/α,β-unsaturated/α-hetero) is 1. The Labute approximate surface area is 159 Å². The topological polar surface area (TPSA) is 60.2 Å². The molecule has 0 saturated carbocycles. The summed E-state index contributed by atoms with van der Waals surface area (Å²) in [4.78, 5) is 14.1. The number of ether oxygens (including phenoxy) is 2. The number of allylic oxidation sites excluding steroid dienone is 1. The van der Waals surface area contributed by atoms with E-state index in [1.54, 1.807) is 18.2 Å². The highest BCUT2D eigenvalue weighted by molar-refractivity contribution is 6.15. The van der Waals surface area contributed by atoms with Crippen LogP contribution in [0, 0.1) is 0 Å². The Bertz CT molecular complexity index is 869. The summed E-state index contributed by atoms with van der Waals surface area (Å²) >= 11 is 0. The molecule has 0 bridgehead atoms. The Hall–Kier alpha value is -2.79. The maximum atomic E-state index is 12.8. The first-order valence-corrected chi connectivity index (χ1v) is 9.43. The number of phenolic OH excluding ortho intramolecular Hbond substituents is 1. The van der Waals surface area contributed by atoms with Crippen LogP contribution in [0.1, 0.15) is 42.3 Å². The molecule has 0 spiro atoms. The minimum absolute atomic E-state index is 0.164. The lowest BCUT2D eigenvalue weighted by molar-refractivity contribution is -0.910. The number of phenols is 1. The Morgan fingerprint density at radius 2 is 1.85 bits per heavy atom. The number of hydrogen-bond donors (Lipinski definition) is 2. The van der Waals surface area contributed by atoms with E-state index in [-0.39, 0.29) is 17.3 Å². The highest BCUT2D eigenvalue weighted by Gasteiger charge is 2.32. The van der Waals surface area contributed by atoms with E-state index in [0.717, 1.165) is 18.7 Å². The van der Waals surface area contributed by atoms with E-state index in [0.29, 0.717) is 35.8 Å². The van der Waals surface area contributed by atoms with Crippen molar-refractivity contribution in [2.45, 2.75) is 27.3 Å². The normalized spacial score (nSPS) is 14.5. The molecule has 0 atom stereocenters. The molecular weight excluding hydrogens is 342 g/mol. The highest BCUT2D eigenvalue weighted by Crippen LogP contribution is 2.39. The van der Waals surface area contributed by atoms with Crippen molar-refractivity contribution in [1.29, 1.82) is 0 Å². The molecule has 2 aromatic rings. The van der Waals surface area contributed by atoms with E-state index in [4.69, 9.17) is 9.47 Å². The molecular formula is C22H26NO4+. The van der Waals surface area contributed by atoms with Gasteiger partial charge in [0.15, 0.2) is 11.5 Å². The number of aromatic hydroxyl groups is 1. The predicted octanol–water partition coefficient (Wildman–Crippen LogP) is 2.83. The number of nitrogens with one attached hydrogen (secondary N) is 1. The van der Waals surface area contributed by atoms with Gasteiger partial charge in [-0.1, -0.05) is 18.2 Å². The Morgan fingerprint density at radius 1 is 1.11 bits per heavy atom. The number of fused-ring (bicyclic) bond motifs is 1. The van der Waals surface area contributed by atoms with Crippen molar-refractivity contribution in [2.24, 2.45) is 0 Å². The minimum Gasteiger partial charge on any atom is -0.507 e. The summed E-state index contributed by atoms with van der Waals surface area (Å²) in [5.74, 6) is 1.41. The van der Waals surface area contributed by atoms with Crippen molar-refractivity contribution in [3.8, 4) is 17.2 Å². The largest absolute Gasteiger partial charge is 0.507 e. The third kappa shape index (κ3) is 3.83. The second kappa shape index (κ2) is 8.27. The Balaban J connectivity index is 1.98. The number of ketones is 1. The lowest BCUT2D eigenvalue weighted by Gasteiger charge is -2.17. The van der Waals surface area contributed by atoms with Crippen molar-refractivity contribution in [2.75, 3.05) is 19.7 Å². The van der Waals surface area contributed by atoms with Crippen molar-refractivity contribution >= 4 is 11.9 Å². The van der Waals surface area contributed by atoms with Crippen LogP contribution >= 0.6 is 0 Å². The standard InChI is InChI=1S/C22H25NO4/c1-4-23(5-2)14-17-18(24)12-11-16-21(25)20(27-22(16)17)13-15-9-7-8-10-19(15)26-6-3/h7-13,24H,4-6,14H2,1-3H3/p+1/b20-13-. The van der Waals surface area contributed by atoms with Gasteiger partial charge in [0.1, 0.15) is 18.0 Å². The molecule has 0 aliphatic carbocycles. The summed E-state index contributed by atoms with van der Waals surface area (Å²) in [6, 6.07) is 10.7. The molecule has 1 heterocycles. The van der Waals surface area contributed by atoms with Crippen molar-refractivity contribution in [3.63, 3.8) is 0 Å².